The molecule has 0 aliphatic heterocycles. The van der Waals surface area contributed by atoms with Crippen LogP contribution in [0.1, 0.15) is 6.92 Å². The van der Waals surface area contributed by atoms with Gasteiger partial charge >= 0.3 is 0 Å². The number of nitrogens with one attached hydrogen (secondary N) is 1. The van der Waals surface area contributed by atoms with Crippen molar-refractivity contribution in [3.63, 3.8) is 0 Å². The van der Waals surface area contributed by atoms with Crippen molar-refractivity contribution >= 4 is 27.3 Å². The number of benzene rings is 1. The summed E-state index contributed by atoms with van der Waals surface area (Å²) in [6.07, 6.45) is 1.20. The minimum Gasteiger partial charge on any atom is -0.366 e. The summed E-state index contributed by atoms with van der Waals surface area (Å²) >= 11 is 6.01. The van der Waals surface area contributed by atoms with Crippen molar-refractivity contribution in [3.8, 4) is 11.4 Å². The van der Waals surface area contributed by atoms with E-state index in [0.717, 1.165) is 5.56 Å². The topological polar surface area (TPSA) is 72.0 Å². The lowest BCUT2D eigenvalue weighted by Gasteiger charge is -2.14. The van der Waals surface area contributed by atoms with E-state index < -0.39 is 9.84 Å². The predicted molar refractivity (Wildman–Crippen MR) is 85.3 cm³/mol. The molecule has 1 heterocycles. The van der Waals surface area contributed by atoms with Crippen LogP contribution in [0.2, 0.25) is 5.15 Å². The van der Waals surface area contributed by atoms with Crippen LogP contribution >= 0.6 is 11.6 Å². The van der Waals surface area contributed by atoms with Gasteiger partial charge in [0.15, 0.2) is 5.82 Å². The van der Waals surface area contributed by atoms with E-state index in [1.165, 1.54) is 6.26 Å². The van der Waals surface area contributed by atoms with Gasteiger partial charge in [0.2, 0.25) is 0 Å². The van der Waals surface area contributed by atoms with E-state index in [1.54, 1.807) is 13.0 Å². The third-order valence-corrected chi connectivity index (χ3v) is 3.97. The van der Waals surface area contributed by atoms with Gasteiger partial charge in [0, 0.05) is 23.9 Å². The maximum absolute atomic E-state index is 11.3. The first-order valence-corrected chi connectivity index (χ1v) is 8.81. The Balaban J connectivity index is 2.24. The van der Waals surface area contributed by atoms with Crippen molar-refractivity contribution in [1.29, 1.82) is 0 Å². The molecule has 1 atom stereocenters. The lowest BCUT2D eigenvalue weighted by molar-refractivity contribution is 0.598. The number of nitrogens with zero attached hydrogens (tertiary/aromatic N) is 2. The predicted octanol–water partition coefficient (Wildman–Crippen LogP) is 2.64. The molecule has 1 unspecified atom stereocenters. The molecule has 0 saturated heterocycles. The summed E-state index contributed by atoms with van der Waals surface area (Å²) < 4.78 is 22.6. The molecule has 0 saturated carbocycles. The lowest BCUT2D eigenvalue weighted by Crippen LogP contribution is -2.25. The molecule has 0 aliphatic carbocycles. The minimum absolute atomic E-state index is 0.0231. The highest BCUT2D eigenvalue weighted by molar-refractivity contribution is 7.90. The molecule has 0 radical (unpaired) electrons. The SMILES string of the molecule is CC(CS(C)(=O)=O)Nc1cc(Cl)nc(-c2ccccc2)n1. The average Bonchev–Trinajstić information content (AvgIpc) is 2.36. The van der Waals surface area contributed by atoms with Crippen LogP contribution in [-0.4, -0.2) is 36.4 Å². The Morgan fingerprint density at radius 1 is 1.24 bits per heavy atom. The Morgan fingerprint density at radius 3 is 2.52 bits per heavy atom. The van der Waals surface area contributed by atoms with Gasteiger partial charge in [-0.1, -0.05) is 41.9 Å². The highest BCUT2D eigenvalue weighted by Crippen LogP contribution is 2.20. The molecule has 112 valence electrons. The van der Waals surface area contributed by atoms with E-state index in [0.29, 0.717) is 16.8 Å². The number of aromatic nitrogens is 2. The van der Waals surface area contributed by atoms with Gasteiger partial charge in [0.05, 0.1) is 5.75 Å². The first kappa shape index (κ1) is 15.7. The third-order valence-electron chi connectivity index (χ3n) is 2.67. The zero-order valence-corrected chi connectivity index (χ0v) is 13.3. The first-order valence-electron chi connectivity index (χ1n) is 6.38. The molecule has 5 nitrogen and oxygen atoms in total. The second-order valence-electron chi connectivity index (χ2n) is 4.90. The molecular formula is C14H16ClN3O2S. The molecule has 2 aromatic rings. The van der Waals surface area contributed by atoms with Crippen molar-refractivity contribution < 1.29 is 8.42 Å². The number of hydrogen-bond acceptors (Lipinski definition) is 5. The van der Waals surface area contributed by atoms with Crippen molar-refractivity contribution in [2.24, 2.45) is 0 Å². The fraction of sp³-hybridized carbons (Fsp3) is 0.286. The number of halogens is 1. The molecule has 1 aromatic heterocycles. The quantitative estimate of drug-likeness (QED) is 0.856. The number of rotatable bonds is 5. The Kier molecular flexibility index (Phi) is 4.80. The Bertz CT molecular complexity index is 720. The van der Waals surface area contributed by atoms with E-state index >= 15 is 0 Å². The normalized spacial score (nSPS) is 12.9. The van der Waals surface area contributed by atoms with Crippen molar-refractivity contribution in [3.05, 3.63) is 41.6 Å². The standard InChI is InChI=1S/C14H16ClN3O2S/c1-10(9-21(2,19)20)16-13-8-12(15)17-14(18-13)11-6-4-3-5-7-11/h3-8,10H,9H2,1-2H3,(H,16,17,18). The molecule has 0 amide bonds. The summed E-state index contributed by atoms with van der Waals surface area (Å²) in [5.41, 5.74) is 0.846. The maximum atomic E-state index is 11.3. The summed E-state index contributed by atoms with van der Waals surface area (Å²) in [5, 5.41) is 3.34. The van der Waals surface area contributed by atoms with Gasteiger partial charge in [-0.2, -0.15) is 0 Å². The summed E-state index contributed by atoms with van der Waals surface area (Å²) in [4.78, 5) is 8.55. The van der Waals surface area contributed by atoms with E-state index in [1.807, 2.05) is 30.3 Å². The van der Waals surface area contributed by atoms with Gasteiger partial charge in [0.25, 0.3) is 0 Å². The second-order valence-corrected chi connectivity index (χ2v) is 7.48. The van der Waals surface area contributed by atoms with E-state index in [9.17, 15) is 8.42 Å². The molecular weight excluding hydrogens is 310 g/mol. The number of anilines is 1. The van der Waals surface area contributed by atoms with Gasteiger partial charge in [-0.15, -0.1) is 0 Å². The van der Waals surface area contributed by atoms with Gasteiger partial charge in [-0.3, -0.25) is 0 Å². The van der Waals surface area contributed by atoms with E-state index in [-0.39, 0.29) is 11.8 Å². The van der Waals surface area contributed by atoms with Crippen LogP contribution in [0, 0.1) is 0 Å². The Labute approximate surface area is 129 Å². The molecule has 1 N–H and O–H groups in total. The monoisotopic (exact) mass is 325 g/mol. The van der Waals surface area contributed by atoms with E-state index in [4.69, 9.17) is 11.6 Å². The van der Waals surface area contributed by atoms with E-state index in [2.05, 4.69) is 15.3 Å². The summed E-state index contributed by atoms with van der Waals surface area (Å²) in [7, 11) is -3.05. The summed E-state index contributed by atoms with van der Waals surface area (Å²) in [5.74, 6) is 1.03. The van der Waals surface area contributed by atoms with Crippen molar-refractivity contribution in [1.82, 2.24) is 9.97 Å². The molecule has 1 aromatic carbocycles. The average molecular weight is 326 g/mol. The Morgan fingerprint density at radius 2 is 1.90 bits per heavy atom. The molecule has 0 bridgehead atoms. The van der Waals surface area contributed by atoms with Gasteiger partial charge in [0.1, 0.15) is 20.8 Å². The fourth-order valence-electron chi connectivity index (χ4n) is 1.96. The number of sulfone groups is 1. The van der Waals surface area contributed by atoms with Gasteiger partial charge in [-0.05, 0) is 6.92 Å². The zero-order valence-electron chi connectivity index (χ0n) is 11.7. The molecule has 7 heteroatoms. The minimum atomic E-state index is -3.05. The zero-order chi connectivity index (χ0) is 15.5. The Hall–Kier alpha value is -1.66. The molecule has 21 heavy (non-hydrogen) atoms. The molecule has 0 fully saturated rings. The maximum Gasteiger partial charge on any atom is 0.163 e. The fourth-order valence-corrected chi connectivity index (χ4v) is 3.13. The molecule has 0 spiro atoms. The second kappa shape index (κ2) is 6.41. The van der Waals surface area contributed by atoms with Crippen LogP contribution in [0.5, 0.6) is 0 Å². The highest BCUT2D eigenvalue weighted by Gasteiger charge is 2.12. The molecule has 0 aliphatic rings. The largest absolute Gasteiger partial charge is 0.366 e. The van der Waals surface area contributed by atoms with Gasteiger partial charge in [-0.25, -0.2) is 18.4 Å². The highest BCUT2D eigenvalue weighted by atomic mass is 35.5. The van der Waals surface area contributed by atoms with Crippen LogP contribution in [0.4, 0.5) is 5.82 Å². The first-order chi connectivity index (χ1) is 9.83. The molecule has 2 rings (SSSR count). The van der Waals surface area contributed by atoms with Crippen LogP contribution < -0.4 is 5.32 Å². The van der Waals surface area contributed by atoms with Crippen LogP contribution in [-0.2, 0) is 9.84 Å². The van der Waals surface area contributed by atoms with Crippen LogP contribution in [0.3, 0.4) is 0 Å². The summed E-state index contributed by atoms with van der Waals surface area (Å²) in [6.45, 7) is 1.78. The van der Waals surface area contributed by atoms with Crippen LogP contribution in [0.25, 0.3) is 11.4 Å². The van der Waals surface area contributed by atoms with Crippen molar-refractivity contribution in [2.45, 2.75) is 13.0 Å². The van der Waals surface area contributed by atoms with Crippen LogP contribution in [0.15, 0.2) is 36.4 Å². The summed E-state index contributed by atoms with van der Waals surface area (Å²) in [6, 6.07) is 10.8. The third kappa shape index (κ3) is 4.99. The van der Waals surface area contributed by atoms with Gasteiger partial charge < -0.3 is 5.32 Å². The lowest BCUT2D eigenvalue weighted by atomic mass is 10.2. The number of hydrogen-bond donors (Lipinski definition) is 1. The van der Waals surface area contributed by atoms with Crippen molar-refractivity contribution in [2.75, 3.05) is 17.3 Å². The smallest absolute Gasteiger partial charge is 0.163 e.